The summed E-state index contributed by atoms with van der Waals surface area (Å²) in [4.78, 5) is 13.5. The van der Waals surface area contributed by atoms with Gasteiger partial charge in [-0.3, -0.25) is 4.79 Å². The van der Waals surface area contributed by atoms with Crippen LogP contribution in [0.25, 0.3) is 0 Å². The number of carbonyl (C=O) groups excluding carboxylic acids is 1. The van der Waals surface area contributed by atoms with Gasteiger partial charge in [0.05, 0.1) is 38.6 Å². The largest absolute Gasteiger partial charge is 0.394 e. The molecule has 622 valence electrons. The summed E-state index contributed by atoms with van der Waals surface area (Å²) < 4.78 is 34.5. The van der Waals surface area contributed by atoms with Crippen LogP contribution in [0, 0.1) is 0 Å². The minimum atomic E-state index is -1.99. The van der Waals surface area contributed by atoms with Gasteiger partial charge in [0.25, 0.3) is 0 Å². The molecule has 0 aliphatic carbocycles. The van der Waals surface area contributed by atoms with E-state index in [1.54, 1.807) is 6.08 Å². The van der Waals surface area contributed by atoms with Crippen LogP contribution < -0.4 is 5.32 Å². The maximum absolute atomic E-state index is 13.5. The number of hydrogen-bond acceptors (Lipinski definition) is 18. The molecular weight excluding hydrogens is 1360 g/mol. The Morgan fingerprint density at radius 3 is 1.05 bits per heavy atom. The summed E-state index contributed by atoms with van der Waals surface area (Å²) in [5, 5.41) is 121. The van der Waals surface area contributed by atoms with E-state index in [2.05, 4.69) is 92.1 Å². The Balaban J connectivity index is 1.36. The smallest absolute Gasteiger partial charge is 0.220 e. The van der Waals surface area contributed by atoms with Crippen LogP contribution in [0.1, 0.15) is 335 Å². The average Bonchev–Trinajstić information content (AvgIpc) is 0.782. The molecule has 3 fully saturated rings. The second-order valence-electron chi connectivity index (χ2n) is 30.6. The third-order valence-electron chi connectivity index (χ3n) is 21.2. The van der Waals surface area contributed by atoms with E-state index < -0.39 is 124 Å². The van der Waals surface area contributed by atoms with Gasteiger partial charge < -0.3 is 89.9 Å². The molecule has 17 unspecified atom stereocenters. The molecule has 0 aromatic rings. The third kappa shape index (κ3) is 46.7. The van der Waals surface area contributed by atoms with Gasteiger partial charge in [-0.05, 0) is 83.5 Å². The first-order valence-corrected chi connectivity index (χ1v) is 43.3. The molecule has 3 aliphatic rings. The van der Waals surface area contributed by atoms with Gasteiger partial charge in [0, 0.05) is 6.42 Å². The van der Waals surface area contributed by atoms with Gasteiger partial charge >= 0.3 is 0 Å². The molecule has 0 radical (unpaired) electrons. The number of rotatable bonds is 69. The number of unbranched alkanes of at least 4 members (excludes halogenated alkanes) is 41. The molecule has 0 bridgehead atoms. The fourth-order valence-electron chi connectivity index (χ4n) is 14.3. The fraction of sp³-hybridized carbons (Fsp3) is 0.830. The SMILES string of the molecule is CC/C=C\C/C=C\C/C=C\C/C=C\CCCCCCCCCCCCCCCCCCCCCCC(=O)NC(COC1OC(CO)C(OC2OC(CO)C(OC3OC(CO)C(O)C(O)C3O)C(O)C2O)C(O)C1O)C(O)/C=C/CC/C=C/CC/C=C/CCCCCCCCCCCCCCCCCCCCC. The van der Waals surface area contributed by atoms with Crippen LogP contribution in [-0.4, -0.2) is 193 Å². The summed E-state index contributed by atoms with van der Waals surface area (Å²) in [6.07, 6.45) is 64.5. The molecule has 17 atom stereocenters. The number of ether oxygens (including phenoxy) is 6. The molecule has 19 nitrogen and oxygen atoms in total. The molecule has 3 rings (SSSR count). The lowest BCUT2D eigenvalue weighted by Gasteiger charge is -2.48. The maximum atomic E-state index is 13.5. The van der Waals surface area contributed by atoms with E-state index in [1.165, 1.54) is 231 Å². The van der Waals surface area contributed by atoms with E-state index in [9.17, 15) is 61.0 Å². The topological polar surface area (TPSA) is 307 Å². The van der Waals surface area contributed by atoms with Gasteiger partial charge in [-0.15, -0.1) is 0 Å². The summed E-state index contributed by atoms with van der Waals surface area (Å²) in [5.41, 5.74) is 0. The molecule has 3 aliphatic heterocycles. The van der Waals surface area contributed by atoms with E-state index in [-0.39, 0.29) is 18.9 Å². The lowest BCUT2D eigenvalue weighted by Crippen LogP contribution is -2.66. The van der Waals surface area contributed by atoms with Crippen LogP contribution in [0.2, 0.25) is 0 Å². The molecule has 107 heavy (non-hydrogen) atoms. The Morgan fingerprint density at radius 1 is 0.346 bits per heavy atom. The lowest BCUT2D eigenvalue weighted by atomic mass is 9.96. The quantitative estimate of drug-likeness (QED) is 0.0199. The minimum absolute atomic E-state index is 0.231. The van der Waals surface area contributed by atoms with Crippen LogP contribution in [-0.2, 0) is 33.2 Å². The summed E-state index contributed by atoms with van der Waals surface area (Å²) in [6, 6.07) is -1.00. The van der Waals surface area contributed by atoms with Crippen molar-refractivity contribution in [3.05, 3.63) is 85.1 Å². The van der Waals surface area contributed by atoms with Crippen molar-refractivity contribution in [1.29, 1.82) is 0 Å². The highest BCUT2D eigenvalue weighted by atomic mass is 16.8. The Bertz CT molecular complexity index is 2260. The predicted octanol–water partition coefficient (Wildman–Crippen LogP) is 15.7. The molecule has 1 amide bonds. The second-order valence-corrected chi connectivity index (χ2v) is 30.6. The van der Waals surface area contributed by atoms with Crippen LogP contribution >= 0.6 is 0 Å². The fourth-order valence-corrected chi connectivity index (χ4v) is 14.3. The highest BCUT2D eigenvalue weighted by molar-refractivity contribution is 5.76. The van der Waals surface area contributed by atoms with E-state index in [0.29, 0.717) is 12.8 Å². The third-order valence-corrected chi connectivity index (χ3v) is 21.2. The Labute approximate surface area is 648 Å². The second kappa shape index (κ2) is 67.5. The van der Waals surface area contributed by atoms with Gasteiger partial charge in [0.15, 0.2) is 18.9 Å². The van der Waals surface area contributed by atoms with Crippen molar-refractivity contribution >= 4 is 5.91 Å². The lowest BCUT2D eigenvalue weighted by molar-refractivity contribution is -0.379. The van der Waals surface area contributed by atoms with Crippen molar-refractivity contribution in [2.75, 3.05) is 26.4 Å². The zero-order valence-corrected chi connectivity index (χ0v) is 66.9. The predicted molar refractivity (Wildman–Crippen MR) is 429 cm³/mol. The normalized spacial score (nSPS) is 25.9. The summed E-state index contributed by atoms with van der Waals surface area (Å²) >= 11 is 0. The first-order chi connectivity index (χ1) is 52.3. The number of aliphatic hydroxyl groups excluding tert-OH is 11. The van der Waals surface area contributed by atoms with Gasteiger partial charge in [0.2, 0.25) is 5.91 Å². The molecule has 19 heteroatoms. The number of amides is 1. The molecule has 0 saturated carbocycles. The minimum Gasteiger partial charge on any atom is -0.394 e. The van der Waals surface area contributed by atoms with E-state index in [1.807, 2.05) is 6.08 Å². The van der Waals surface area contributed by atoms with Gasteiger partial charge in [-0.25, -0.2) is 0 Å². The summed E-state index contributed by atoms with van der Waals surface area (Å²) in [6.45, 7) is 1.64. The van der Waals surface area contributed by atoms with Crippen LogP contribution in [0.5, 0.6) is 0 Å². The number of hydrogen-bond donors (Lipinski definition) is 12. The van der Waals surface area contributed by atoms with Crippen molar-refractivity contribution in [3.63, 3.8) is 0 Å². The summed E-state index contributed by atoms with van der Waals surface area (Å²) in [5.74, 6) is -0.286. The molecule has 12 N–H and O–H groups in total. The van der Waals surface area contributed by atoms with Crippen molar-refractivity contribution < 1.29 is 89.4 Å². The first kappa shape index (κ1) is 98.2. The van der Waals surface area contributed by atoms with Crippen LogP contribution in [0.15, 0.2) is 85.1 Å². The van der Waals surface area contributed by atoms with Crippen LogP contribution in [0.4, 0.5) is 0 Å². The van der Waals surface area contributed by atoms with E-state index >= 15 is 0 Å². The van der Waals surface area contributed by atoms with Gasteiger partial charge in [-0.1, -0.05) is 330 Å². The molecule has 0 spiro atoms. The average molecular weight is 1520 g/mol. The number of carbonyl (C=O) groups is 1. The Kier molecular flexibility index (Phi) is 61.9. The zero-order valence-electron chi connectivity index (χ0n) is 66.9. The molecular formula is C88H157NO18. The standard InChI is InChI=1S/C88H157NO18/c1-3-5-7-9-11-13-15-17-19-21-23-25-27-29-31-33-34-35-36-38-40-42-44-46-48-50-52-54-56-58-60-62-64-66-76(94)89-71(72(93)65-63-61-59-57-55-53-51-49-47-45-43-41-39-37-32-30-28-26-24-22-20-18-16-14-12-10-8-6-4-2)70-102-86-82(100)79(97)84(74(68-91)104-86)107-88-83(101)80(98)85(75(69-92)105-88)106-87-81(99)78(96)77(95)73(67-90)103-87/h5,7,11,13,17,19,23,25,47,49,55,57,63,65,71-75,77-88,90-93,95-101H,3-4,6,8-10,12,14-16,18,20-22,24,26-46,48,50-54,56,58-62,64,66-70H2,1-2H3,(H,89,94)/b7-5-,13-11-,19-17-,25-23-,49-47+,57-55+,65-63+. The Morgan fingerprint density at radius 2 is 0.654 bits per heavy atom. The molecule has 3 heterocycles. The highest BCUT2D eigenvalue weighted by Crippen LogP contribution is 2.33. The molecule has 0 aromatic heterocycles. The summed E-state index contributed by atoms with van der Waals surface area (Å²) in [7, 11) is 0. The first-order valence-electron chi connectivity index (χ1n) is 43.3. The number of nitrogens with one attached hydrogen (secondary N) is 1. The molecule has 3 saturated heterocycles. The maximum Gasteiger partial charge on any atom is 0.220 e. The van der Waals surface area contributed by atoms with Crippen LogP contribution in [0.3, 0.4) is 0 Å². The zero-order chi connectivity index (χ0) is 77.4. The Hall–Kier alpha value is -3.03. The number of aliphatic hydroxyl groups is 11. The van der Waals surface area contributed by atoms with E-state index in [4.69, 9.17) is 28.4 Å². The monoisotopic (exact) mass is 1520 g/mol. The van der Waals surface area contributed by atoms with E-state index in [0.717, 1.165) is 70.6 Å². The highest BCUT2D eigenvalue weighted by Gasteiger charge is 2.54. The van der Waals surface area contributed by atoms with Crippen molar-refractivity contribution in [2.24, 2.45) is 0 Å². The molecule has 0 aromatic carbocycles. The number of allylic oxidation sites excluding steroid dienone is 13. The van der Waals surface area contributed by atoms with Crippen molar-refractivity contribution in [1.82, 2.24) is 5.32 Å². The van der Waals surface area contributed by atoms with Gasteiger partial charge in [-0.2, -0.15) is 0 Å². The van der Waals surface area contributed by atoms with Gasteiger partial charge in [0.1, 0.15) is 73.2 Å². The van der Waals surface area contributed by atoms with Crippen molar-refractivity contribution in [3.8, 4) is 0 Å². The van der Waals surface area contributed by atoms with Crippen molar-refractivity contribution in [2.45, 2.75) is 439 Å².